The summed E-state index contributed by atoms with van der Waals surface area (Å²) < 4.78 is 7.31. The first-order valence-electron chi connectivity index (χ1n) is 19.0. The minimum Gasteiger partial charge on any atom is -0.309 e. The summed E-state index contributed by atoms with van der Waals surface area (Å²) in [6, 6.07) is 64.9. The summed E-state index contributed by atoms with van der Waals surface area (Å²) in [6.45, 7) is 0. The highest BCUT2D eigenvalue weighted by atomic mass is 32.1. The second kappa shape index (κ2) is 12.8. The van der Waals surface area contributed by atoms with Crippen LogP contribution >= 0.6 is 22.7 Å². The highest BCUT2D eigenvalue weighted by Crippen LogP contribution is 2.43. The van der Waals surface area contributed by atoms with Gasteiger partial charge in [-0.2, -0.15) is 0 Å². The Morgan fingerprint density at radius 2 is 0.982 bits per heavy atom. The molecule has 0 atom stereocenters. The highest BCUT2D eigenvalue weighted by Gasteiger charge is 2.19. The van der Waals surface area contributed by atoms with Crippen LogP contribution in [0.2, 0.25) is 0 Å². The van der Waals surface area contributed by atoms with Crippen molar-refractivity contribution in [2.45, 2.75) is 0 Å². The molecule has 266 valence electrons. The molecule has 0 amide bonds. The van der Waals surface area contributed by atoms with E-state index in [2.05, 4.69) is 168 Å². The Morgan fingerprint density at radius 3 is 1.86 bits per heavy atom. The maximum absolute atomic E-state index is 5.21. The number of thiophene rings is 2. The zero-order chi connectivity index (χ0) is 37.5. The molecule has 4 aromatic heterocycles. The summed E-state index contributed by atoms with van der Waals surface area (Å²) in [7, 11) is 0. The third-order valence-electron chi connectivity index (χ3n) is 11.1. The lowest BCUT2D eigenvalue weighted by molar-refractivity contribution is 1.08. The molecule has 0 spiro atoms. The normalized spacial score (nSPS) is 11.9. The number of benzene rings is 8. The van der Waals surface area contributed by atoms with Crippen LogP contribution in [0.1, 0.15) is 0 Å². The van der Waals surface area contributed by atoms with Crippen LogP contribution in [-0.2, 0) is 0 Å². The van der Waals surface area contributed by atoms with Crippen LogP contribution in [0, 0.1) is 0 Å². The number of fused-ring (bicyclic) bond motifs is 9. The van der Waals surface area contributed by atoms with Gasteiger partial charge in [-0.05, 0) is 71.8 Å². The molecule has 6 heteroatoms. The summed E-state index contributed by atoms with van der Waals surface area (Å²) in [5.41, 5.74) is 8.96. The van der Waals surface area contributed by atoms with E-state index in [1.807, 2.05) is 29.5 Å². The Labute approximate surface area is 335 Å². The molecule has 0 aliphatic heterocycles. The Bertz CT molecular complexity index is 3530. The van der Waals surface area contributed by atoms with E-state index >= 15 is 0 Å². The van der Waals surface area contributed by atoms with Gasteiger partial charge in [0.1, 0.15) is 0 Å². The third kappa shape index (κ3) is 5.15. The van der Waals surface area contributed by atoms with Gasteiger partial charge in [0, 0.05) is 73.5 Å². The number of rotatable bonds is 5. The molecule has 57 heavy (non-hydrogen) atoms. The van der Waals surface area contributed by atoms with Crippen LogP contribution in [0.25, 0.3) is 113 Å². The van der Waals surface area contributed by atoms with Crippen molar-refractivity contribution < 1.29 is 0 Å². The summed E-state index contributed by atoms with van der Waals surface area (Å²) in [5.74, 6) is 2.01. The Kier molecular flexibility index (Phi) is 7.24. The lowest BCUT2D eigenvalue weighted by Gasteiger charge is -2.09. The fourth-order valence-corrected chi connectivity index (χ4v) is 10.8. The predicted octanol–water partition coefficient (Wildman–Crippen LogP) is 14.4. The zero-order valence-electron chi connectivity index (χ0n) is 30.4. The van der Waals surface area contributed by atoms with Crippen LogP contribution < -0.4 is 0 Å². The molecule has 0 fully saturated rings. The van der Waals surface area contributed by atoms with Crippen molar-refractivity contribution in [1.29, 1.82) is 0 Å². The summed E-state index contributed by atoms with van der Waals surface area (Å²) in [6.07, 6.45) is 0. The lowest BCUT2D eigenvalue weighted by atomic mass is 9.98. The van der Waals surface area contributed by atoms with Gasteiger partial charge in [-0.15, -0.1) is 22.7 Å². The molecular weight excluding hydrogens is 733 g/mol. The van der Waals surface area contributed by atoms with Crippen molar-refractivity contribution in [3.63, 3.8) is 0 Å². The van der Waals surface area contributed by atoms with Crippen molar-refractivity contribution in [2.75, 3.05) is 0 Å². The fraction of sp³-hybridized carbons (Fsp3) is 0. The van der Waals surface area contributed by atoms with E-state index in [0.717, 1.165) is 22.4 Å². The summed E-state index contributed by atoms with van der Waals surface area (Å²) in [4.78, 5) is 15.4. The SMILES string of the molecule is c1ccc(-c2nc(-c3ccc4sc5cc(-c6cccc7c6c6ccccc6n7-c6ccccc6)ccc5c4c3)nc(-c3cccc4c3sc3ccccc34)n2)cc1. The van der Waals surface area contributed by atoms with Crippen molar-refractivity contribution in [2.24, 2.45) is 0 Å². The molecule has 0 N–H and O–H groups in total. The van der Waals surface area contributed by atoms with Crippen molar-refractivity contribution in [1.82, 2.24) is 19.5 Å². The number of hydrogen-bond donors (Lipinski definition) is 0. The molecule has 0 radical (unpaired) electrons. The van der Waals surface area contributed by atoms with Crippen LogP contribution in [-0.4, -0.2) is 19.5 Å². The maximum Gasteiger partial charge on any atom is 0.165 e. The van der Waals surface area contributed by atoms with Gasteiger partial charge in [0.2, 0.25) is 0 Å². The molecule has 0 bridgehead atoms. The smallest absolute Gasteiger partial charge is 0.165 e. The van der Waals surface area contributed by atoms with Crippen molar-refractivity contribution in [3.05, 3.63) is 182 Å². The molecule has 0 aliphatic carbocycles. The molecule has 0 saturated heterocycles. The summed E-state index contributed by atoms with van der Waals surface area (Å²) >= 11 is 3.62. The molecule has 0 unspecified atom stereocenters. The second-order valence-corrected chi connectivity index (χ2v) is 16.5. The first-order chi connectivity index (χ1) is 28.2. The van der Waals surface area contributed by atoms with Crippen LogP contribution in [0.5, 0.6) is 0 Å². The standard InChI is InChI=1S/C51H30N4S2/c1-3-13-31(14-4-1)49-52-50(54-51(53-49)40-21-11-20-38-36-17-8-10-24-44(36)57-48(38)40)33-26-28-45-41(29-33)37-27-25-32(30-46(37)56-45)35-19-12-23-43-47(35)39-18-7-9-22-42(39)55(43)34-15-5-2-6-16-34/h1-30H. The fourth-order valence-electron chi connectivity index (χ4n) is 8.46. The molecule has 8 aromatic carbocycles. The van der Waals surface area contributed by atoms with Gasteiger partial charge >= 0.3 is 0 Å². The van der Waals surface area contributed by atoms with E-state index in [4.69, 9.17) is 15.0 Å². The number of nitrogens with zero attached hydrogens (tertiary/aromatic N) is 4. The Balaban J connectivity index is 1.01. The van der Waals surface area contributed by atoms with Gasteiger partial charge in [-0.25, -0.2) is 15.0 Å². The molecular formula is C51H30N4S2. The van der Waals surface area contributed by atoms with E-state index < -0.39 is 0 Å². The molecule has 12 aromatic rings. The van der Waals surface area contributed by atoms with Crippen molar-refractivity contribution in [3.8, 4) is 51.0 Å². The van der Waals surface area contributed by atoms with Gasteiger partial charge in [-0.1, -0.05) is 121 Å². The monoisotopic (exact) mass is 762 g/mol. The van der Waals surface area contributed by atoms with E-state index in [1.165, 1.54) is 73.3 Å². The molecule has 0 saturated carbocycles. The first-order valence-corrected chi connectivity index (χ1v) is 20.7. The maximum atomic E-state index is 5.21. The van der Waals surface area contributed by atoms with Crippen LogP contribution in [0.4, 0.5) is 0 Å². The van der Waals surface area contributed by atoms with E-state index in [9.17, 15) is 0 Å². The van der Waals surface area contributed by atoms with Crippen LogP contribution in [0.15, 0.2) is 182 Å². The predicted molar refractivity (Wildman–Crippen MR) is 242 cm³/mol. The highest BCUT2D eigenvalue weighted by molar-refractivity contribution is 7.26. The molecule has 4 nitrogen and oxygen atoms in total. The largest absolute Gasteiger partial charge is 0.309 e. The Hall–Kier alpha value is -6.99. The van der Waals surface area contributed by atoms with Crippen LogP contribution in [0.3, 0.4) is 0 Å². The van der Waals surface area contributed by atoms with E-state index in [-0.39, 0.29) is 0 Å². The molecule has 0 aliphatic rings. The van der Waals surface area contributed by atoms with Gasteiger partial charge in [0.25, 0.3) is 0 Å². The third-order valence-corrected chi connectivity index (χ3v) is 13.4. The zero-order valence-corrected chi connectivity index (χ0v) is 32.1. The number of aromatic nitrogens is 4. The first kappa shape index (κ1) is 32.3. The number of para-hydroxylation sites is 2. The Morgan fingerprint density at radius 1 is 0.351 bits per heavy atom. The number of hydrogen-bond acceptors (Lipinski definition) is 5. The van der Waals surface area contributed by atoms with Crippen molar-refractivity contribution >= 4 is 84.8 Å². The van der Waals surface area contributed by atoms with Gasteiger partial charge in [-0.3, -0.25) is 0 Å². The van der Waals surface area contributed by atoms with Gasteiger partial charge in [0.05, 0.1) is 11.0 Å². The lowest BCUT2D eigenvalue weighted by Crippen LogP contribution is -2.00. The minimum atomic E-state index is 0.663. The quantitative estimate of drug-likeness (QED) is 0.175. The van der Waals surface area contributed by atoms with E-state index in [0.29, 0.717) is 17.5 Å². The molecule has 12 rings (SSSR count). The summed E-state index contributed by atoms with van der Waals surface area (Å²) in [5, 5.41) is 7.43. The van der Waals surface area contributed by atoms with E-state index in [1.54, 1.807) is 11.3 Å². The minimum absolute atomic E-state index is 0.663. The average Bonchev–Trinajstić information content (AvgIpc) is 3.96. The average molecular weight is 763 g/mol. The van der Waals surface area contributed by atoms with Gasteiger partial charge < -0.3 is 4.57 Å². The van der Waals surface area contributed by atoms with Gasteiger partial charge in [0.15, 0.2) is 17.5 Å². The second-order valence-electron chi connectivity index (χ2n) is 14.4. The topological polar surface area (TPSA) is 43.6 Å². The molecule has 4 heterocycles.